The van der Waals surface area contributed by atoms with Gasteiger partial charge in [0.25, 0.3) is 0 Å². The Morgan fingerprint density at radius 1 is 1.10 bits per heavy atom. The third-order valence-electron chi connectivity index (χ3n) is 4.69. The fraction of sp³-hybridized carbons (Fsp3) is 0.200. The number of rotatable bonds is 4. The van der Waals surface area contributed by atoms with Crippen molar-refractivity contribution >= 4 is 11.7 Å². The zero-order valence-corrected chi connectivity index (χ0v) is 15.2. The first-order chi connectivity index (χ1) is 13.8. The monoisotopic (exact) mass is 403 g/mol. The zero-order valence-electron chi connectivity index (χ0n) is 15.2. The smallest absolute Gasteiger partial charge is 0.416 e. The maximum Gasteiger partial charge on any atom is 0.416 e. The normalized spacial score (nSPS) is 16.1. The van der Waals surface area contributed by atoms with E-state index in [-0.39, 0.29) is 24.0 Å². The molecule has 150 valence electrons. The second-order valence-electron chi connectivity index (χ2n) is 6.53. The van der Waals surface area contributed by atoms with Gasteiger partial charge in [0.05, 0.1) is 12.7 Å². The molecule has 9 heteroatoms. The van der Waals surface area contributed by atoms with E-state index in [9.17, 15) is 18.0 Å². The van der Waals surface area contributed by atoms with Crippen LogP contribution in [0, 0.1) is 0 Å². The summed E-state index contributed by atoms with van der Waals surface area (Å²) < 4.78 is 49.2. The predicted octanol–water partition coefficient (Wildman–Crippen LogP) is 4.70. The van der Waals surface area contributed by atoms with E-state index >= 15 is 0 Å². The number of benzene rings is 2. The van der Waals surface area contributed by atoms with Crippen LogP contribution in [-0.4, -0.2) is 23.2 Å². The zero-order chi connectivity index (χ0) is 20.6. The van der Waals surface area contributed by atoms with Crippen LogP contribution in [0.4, 0.5) is 19.0 Å². The summed E-state index contributed by atoms with van der Waals surface area (Å²) in [4.78, 5) is 12.0. The number of anilines is 1. The lowest BCUT2D eigenvalue weighted by molar-refractivity contribution is -0.137. The summed E-state index contributed by atoms with van der Waals surface area (Å²) in [6, 6.07) is 9.62. The van der Waals surface area contributed by atoms with Crippen molar-refractivity contribution in [2.24, 2.45) is 0 Å². The van der Waals surface area contributed by atoms with Gasteiger partial charge in [-0.1, -0.05) is 6.07 Å². The van der Waals surface area contributed by atoms with Crippen LogP contribution >= 0.6 is 0 Å². The molecule has 0 saturated heterocycles. The number of nitrogens with one attached hydrogen (secondary N) is 2. The summed E-state index contributed by atoms with van der Waals surface area (Å²) in [5.74, 6) is 1.15. The van der Waals surface area contributed by atoms with Crippen LogP contribution in [0.15, 0.2) is 48.7 Å². The molecule has 0 aliphatic carbocycles. The number of aromatic nitrogens is 2. The quantitative estimate of drug-likeness (QED) is 0.662. The molecule has 2 aromatic carbocycles. The van der Waals surface area contributed by atoms with E-state index in [1.54, 1.807) is 24.4 Å². The average molecular weight is 403 g/mol. The number of H-pyrrole nitrogens is 1. The molecule has 29 heavy (non-hydrogen) atoms. The number of carbonyl (C=O) groups is 1. The third-order valence-corrected chi connectivity index (χ3v) is 4.69. The Labute approximate surface area is 163 Å². The first kappa shape index (κ1) is 18.9. The van der Waals surface area contributed by atoms with Gasteiger partial charge < -0.3 is 14.8 Å². The van der Waals surface area contributed by atoms with Crippen molar-refractivity contribution in [3.8, 4) is 17.2 Å². The number of methoxy groups -OCH3 is 1. The SMILES string of the molecule is COc1cc(C2CC(=O)Nc3n[nH]cc32)ccc1Oc1ccc(C(F)(F)F)cc1. The highest BCUT2D eigenvalue weighted by atomic mass is 19.4. The van der Waals surface area contributed by atoms with Crippen LogP contribution in [0.2, 0.25) is 0 Å². The minimum atomic E-state index is -4.41. The van der Waals surface area contributed by atoms with Gasteiger partial charge in [0.1, 0.15) is 5.75 Å². The molecule has 0 bridgehead atoms. The molecular weight excluding hydrogens is 387 g/mol. The lowest BCUT2D eigenvalue weighted by atomic mass is 9.87. The van der Waals surface area contributed by atoms with Crippen LogP contribution in [-0.2, 0) is 11.0 Å². The lowest BCUT2D eigenvalue weighted by Gasteiger charge is -2.23. The molecule has 0 spiro atoms. The number of carbonyl (C=O) groups excluding carboxylic acids is 1. The summed E-state index contributed by atoms with van der Waals surface area (Å²) in [5.41, 5.74) is 0.945. The first-order valence-corrected chi connectivity index (χ1v) is 8.71. The Hall–Kier alpha value is -3.49. The Morgan fingerprint density at radius 3 is 2.55 bits per heavy atom. The number of hydrogen-bond acceptors (Lipinski definition) is 4. The van der Waals surface area contributed by atoms with E-state index in [2.05, 4.69) is 15.5 Å². The van der Waals surface area contributed by atoms with Crippen LogP contribution in [0.3, 0.4) is 0 Å². The minimum absolute atomic E-state index is 0.140. The van der Waals surface area contributed by atoms with Crippen molar-refractivity contribution in [3.05, 3.63) is 65.4 Å². The van der Waals surface area contributed by atoms with E-state index in [0.717, 1.165) is 23.3 Å². The second kappa shape index (κ2) is 7.16. The number of ether oxygens (including phenoxy) is 2. The number of alkyl halides is 3. The van der Waals surface area contributed by atoms with Gasteiger partial charge in [-0.2, -0.15) is 18.3 Å². The van der Waals surface area contributed by atoms with Crippen molar-refractivity contribution in [1.29, 1.82) is 0 Å². The maximum atomic E-state index is 12.7. The first-order valence-electron chi connectivity index (χ1n) is 8.71. The van der Waals surface area contributed by atoms with Crippen molar-refractivity contribution < 1.29 is 27.4 Å². The largest absolute Gasteiger partial charge is 0.493 e. The van der Waals surface area contributed by atoms with Gasteiger partial charge in [0.2, 0.25) is 5.91 Å². The highest BCUT2D eigenvalue weighted by molar-refractivity contribution is 5.94. The summed E-state index contributed by atoms with van der Waals surface area (Å²) in [6.45, 7) is 0. The topological polar surface area (TPSA) is 76.2 Å². The van der Waals surface area contributed by atoms with Crippen molar-refractivity contribution in [2.45, 2.75) is 18.5 Å². The highest BCUT2D eigenvalue weighted by Gasteiger charge is 2.30. The summed E-state index contributed by atoms with van der Waals surface area (Å²) in [6.07, 6.45) is -2.41. The van der Waals surface area contributed by atoms with Gasteiger partial charge in [-0.15, -0.1) is 0 Å². The lowest BCUT2D eigenvalue weighted by Crippen LogP contribution is -2.22. The van der Waals surface area contributed by atoms with Crippen LogP contribution in [0.1, 0.15) is 29.0 Å². The Balaban J connectivity index is 1.60. The molecule has 0 fully saturated rings. The van der Waals surface area contributed by atoms with E-state index in [1.165, 1.54) is 19.2 Å². The molecule has 0 radical (unpaired) electrons. The molecule has 2 N–H and O–H groups in total. The van der Waals surface area contributed by atoms with E-state index in [4.69, 9.17) is 9.47 Å². The standard InChI is InChI=1S/C20H16F3N3O3/c1-28-17-8-11(14-9-18(27)25-19-15(14)10-24-26-19)2-7-16(17)29-13-5-3-12(4-6-13)20(21,22)23/h2-8,10,14H,9H2,1H3,(H2,24,25,26,27). The van der Waals surface area contributed by atoms with E-state index < -0.39 is 11.7 Å². The van der Waals surface area contributed by atoms with Gasteiger partial charge in [0, 0.05) is 24.1 Å². The molecule has 2 heterocycles. The fourth-order valence-electron chi connectivity index (χ4n) is 3.27. The molecule has 0 saturated carbocycles. The molecule has 1 aliphatic heterocycles. The summed E-state index contributed by atoms with van der Waals surface area (Å²) in [7, 11) is 1.47. The number of halogens is 3. The third kappa shape index (κ3) is 3.75. The van der Waals surface area contributed by atoms with Crippen molar-refractivity contribution in [3.63, 3.8) is 0 Å². The van der Waals surface area contributed by atoms with Crippen LogP contribution < -0.4 is 14.8 Å². The number of aromatic amines is 1. The number of fused-ring (bicyclic) bond motifs is 1. The average Bonchev–Trinajstić information content (AvgIpc) is 3.15. The molecule has 1 atom stereocenters. The van der Waals surface area contributed by atoms with Crippen LogP contribution in [0.25, 0.3) is 0 Å². The van der Waals surface area contributed by atoms with Crippen molar-refractivity contribution in [2.75, 3.05) is 12.4 Å². The predicted molar refractivity (Wildman–Crippen MR) is 98.2 cm³/mol. The fourth-order valence-corrected chi connectivity index (χ4v) is 3.27. The maximum absolute atomic E-state index is 12.7. The number of amides is 1. The molecule has 1 aromatic heterocycles. The molecule has 6 nitrogen and oxygen atoms in total. The van der Waals surface area contributed by atoms with Crippen LogP contribution in [0.5, 0.6) is 17.2 Å². The molecule has 3 aromatic rings. The van der Waals surface area contributed by atoms with Gasteiger partial charge in [-0.25, -0.2) is 0 Å². The van der Waals surface area contributed by atoms with Gasteiger partial charge >= 0.3 is 6.18 Å². The van der Waals surface area contributed by atoms with Crippen molar-refractivity contribution in [1.82, 2.24) is 10.2 Å². The minimum Gasteiger partial charge on any atom is -0.493 e. The van der Waals surface area contributed by atoms with Gasteiger partial charge in [-0.3, -0.25) is 9.89 Å². The number of hydrogen-bond donors (Lipinski definition) is 2. The highest BCUT2D eigenvalue weighted by Crippen LogP contribution is 2.40. The Bertz CT molecular complexity index is 1050. The summed E-state index contributed by atoms with van der Waals surface area (Å²) in [5, 5.41) is 9.49. The number of nitrogens with zero attached hydrogens (tertiary/aromatic N) is 1. The Kier molecular flexibility index (Phi) is 4.65. The van der Waals surface area contributed by atoms with Gasteiger partial charge in [0.15, 0.2) is 17.3 Å². The molecule has 1 aliphatic rings. The van der Waals surface area contributed by atoms with Gasteiger partial charge in [-0.05, 0) is 42.0 Å². The Morgan fingerprint density at radius 2 is 1.86 bits per heavy atom. The molecular formula is C20H16F3N3O3. The van der Waals surface area contributed by atoms with E-state index in [1.807, 2.05) is 0 Å². The summed E-state index contributed by atoms with van der Waals surface area (Å²) >= 11 is 0. The molecule has 4 rings (SSSR count). The molecule has 1 amide bonds. The second-order valence-corrected chi connectivity index (χ2v) is 6.53. The van der Waals surface area contributed by atoms with E-state index in [0.29, 0.717) is 17.3 Å². The molecule has 1 unspecified atom stereocenters.